The quantitative estimate of drug-likeness (QED) is 0.530. The topological polar surface area (TPSA) is 52.1 Å². The Bertz CT molecular complexity index is 849. The summed E-state index contributed by atoms with van der Waals surface area (Å²) >= 11 is 0. The van der Waals surface area contributed by atoms with E-state index in [1.165, 1.54) is 36.2 Å². The largest absolute Gasteiger partial charge is 0.496 e. The molecular weight excluding hydrogens is 386 g/mol. The van der Waals surface area contributed by atoms with E-state index >= 15 is 0 Å². The van der Waals surface area contributed by atoms with Gasteiger partial charge in [0.25, 0.3) is 0 Å². The fourth-order valence-corrected chi connectivity index (χ4v) is 3.86. The minimum atomic E-state index is 0.660. The highest BCUT2D eigenvalue weighted by molar-refractivity contribution is 5.79. The molecule has 2 aromatic carbocycles. The zero-order valence-corrected chi connectivity index (χ0v) is 19.4. The summed E-state index contributed by atoms with van der Waals surface area (Å²) in [6.45, 7) is 9.18. The molecule has 1 aliphatic rings. The maximum atomic E-state index is 5.49. The first kappa shape index (κ1) is 23.1. The molecule has 6 heteroatoms. The molecule has 0 spiro atoms. The zero-order chi connectivity index (χ0) is 22.1. The van der Waals surface area contributed by atoms with Crippen molar-refractivity contribution >= 4 is 5.96 Å². The van der Waals surface area contributed by atoms with E-state index in [0.717, 1.165) is 43.5 Å². The summed E-state index contributed by atoms with van der Waals surface area (Å²) in [4.78, 5) is 9.32. The lowest BCUT2D eigenvalue weighted by atomic mass is 10.1. The van der Waals surface area contributed by atoms with Crippen LogP contribution in [0, 0.1) is 6.92 Å². The van der Waals surface area contributed by atoms with Crippen LogP contribution in [-0.4, -0.2) is 63.1 Å². The molecule has 0 aromatic heterocycles. The Hall–Kier alpha value is -2.57. The summed E-state index contributed by atoms with van der Waals surface area (Å²) in [7, 11) is 5.72. The van der Waals surface area contributed by atoms with Crippen molar-refractivity contribution in [3.63, 3.8) is 0 Å². The van der Waals surface area contributed by atoms with Crippen LogP contribution in [0.1, 0.15) is 28.7 Å². The van der Waals surface area contributed by atoms with Gasteiger partial charge < -0.3 is 20.3 Å². The molecule has 1 saturated heterocycles. The number of rotatable bonds is 7. The van der Waals surface area contributed by atoms with Crippen LogP contribution in [0.4, 0.5) is 0 Å². The number of nitrogens with one attached hydrogen (secondary N) is 2. The zero-order valence-electron chi connectivity index (χ0n) is 19.4. The Kier molecular flexibility index (Phi) is 8.74. The number of guanidine groups is 1. The number of aliphatic imine (C=N–C) groups is 1. The van der Waals surface area contributed by atoms with E-state index in [-0.39, 0.29) is 0 Å². The molecule has 31 heavy (non-hydrogen) atoms. The first-order chi connectivity index (χ1) is 15.1. The van der Waals surface area contributed by atoms with Crippen LogP contribution < -0.4 is 15.4 Å². The first-order valence-corrected chi connectivity index (χ1v) is 11.1. The van der Waals surface area contributed by atoms with E-state index in [9.17, 15) is 0 Å². The molecule has 0 atom stereocenters. The van der Waals surface area contributed by atoms with Crippen LogP contribution in [0.2, 0.25) is 0 Å². The summed E-state index contributed by atoms with van der Waals surface area (Å²) in [6.07, 6.45) is 1.25. The summed E-state index contributed by atoms with van der Waals surface area (Å²) in [5, 5.41) is 6.77. The Balaban J connectivity index is 1.47. The second kappa shape index (κ2) is 11.7. The second-order valence-corrected chi connectivity index (χ2v) is 8.34. The van der Waals surface area contributed by atoms with Gasteiger partial charge in [0.05, 0.1) is 7.11 Å². The molecule has 0 radical (unpaired) electrons. The number of benzene rings is 2. The molecular formula is C25H37N5O. The Labute approximate surface area is 187 Å². The van der Waals surface area contributed by atoms with Crippen LogP contribution in [0.15, 0.2) is 47.5 Å². The van der Waals surface area contributed by atoms with E-state index in [0.29, 0.717) is 6.54 Å². The molecule has 0 bridgehead atoms. The molecule has 0 amide bonds. The monoisotopic (exact) mass is 423 g/mol. The lowest BCUT2D eigenvalue weighted by molar-refractivity contribution is 0.269. The minimum absolute atomic E-state index is 0.660. The number of hydrogen-bond donors (Lipinski definition) is 2. The number of nitrogens with zero attached hydrogens (tertiary/aromatic N) is 3. The second-order valence-electron chi connectivity index (χ2n) is 8.34. The number of hydrogen-bond acceptors (Lipinski definition) is 4. The van der Waals surface area contributed by atoms with Crippen LogP contribution in [0.25, 0.3) is 0 Å². The van der Waals surface area contributed by atoms with Gasteiger partial charge in [-0.2, -0.15) is 0 Å². The lowest BCUT2D eigenvalue weighted by Gasteiger charge is -2.20. The highest BCUT2D eigenvalue weighted by Gasteiger charge is 2.12. The van der Waals surface area contributed by atoms with E-state index < -0.39 is 0 Å². The van der Waals surface area contributed by atoms with E-state index in [2.05, 4.69) is 81.9 Å². The van der Waals surface area contributed by atoms with Gasteiger partial charge in [-0.3, -0.25) is 9.89 Å². The van der Waals surface area contributed by atoms with Gasteiger partial charge in [-0.05, 0) is 56.2 Å². The molecule has 1 aliphatic heterocycles. The summed E-state index contributed by atoms with van der Waals surface area (Å²) in [5.41, 5.74) is 4.92. The van der Waals surface area contributed by atoms with Crippen LogP contribution in [-0.2, 0) is 19.6 Å². The fraction of sp³-hybridized carbons (Fsp3) is 0.480. The predicted molar refractivity (Wildman–Crippen MR) is 129 cm³/mol. The van der Waals surface area contributed by atoms with Crippen LogP contribution in [0.5, 0.6) is 5.75 Å². The van der Waals surface area contributed by atoms with Crippen molar-refractivity contribution in [2.24, 2.45) is 4.99 Å². The van der Waals surface area contributed by atoms with Gasteiger partial charge in [0.1, 0.15) is 5.75 Å². The smallest absolute Gasteiger partial charge is 0.191 e. The summed E-state index contributed by atoms with van der Waals surface area (Å²) in [5.74, 6) is 1.68. The molecule has 1 fully saturated rings. The molecule has 0 aliphatic carbocycles. The average Bonchev–Trinajstić information content (AvgIpc) is 2.99. The number of methoxy groups -OCH3 is 1. The highest BCUT2D eigenvalue weighted by Crippen LogP contribution is 2.19. The SMILES string of the molecule is CN=C(NCc1ccc(CN2CCCN(C)CC2)cc1)NCc1ccc(C)cc1OC. The van der Waals surface area contributed by atoms with Gasteiger partial charge in [0, 0.05) is 45.3 Å². The highest BCUT2D eigenvalue weighted by atomic mass is 16.5. The molecule has 2 N–H and O–H groups in total. The molecule has 0 unspecified atom stereocenters. The number of aryl methyl sites for hydroxylation is 1. The third-order valence-corrected chi connectivity index (χ3v) is 5.81. The van der Waals surface area contributed by atoms with Crippen molar-refractivity contribution in [1.82, 2.24) is 20.4 Å². The predicted octanol–water partition coefficient (Wildman–Crippen LogP) is 3.01. The van der Waals surface area contributed by atoms with Crippen molar-refractivity contribution in [1.29, 1.82) is 0 Å². The van der Waals surface area contributed by atoms with Crippen molar-refractivity contribution < 1.29 is 4.74 Å². The number of ether oxygens (including phenoxy) is 1. The lowest BCUT2D eigenvalue weighted by Crippen LogP contribution is -2.36. The number of likely N-dealkylation sites (N-methyl/N-ethyl adjacent to an activating group) is 1. The van der Waals surface area contributed by atoms with Crippen LogP contribution in [0.3, 0.4) is 0 Å². The Morgan fingerprint density at radius 2 is 1.71 bits per heavy atom. The normalized spacial score (nSPS) is 16.1. The van der Waals surface area contributed by atoms with Crippen LogP contribution >= 0.6 is 0 Å². The first-order valence-electron chi connectivity index (χ1n) is 11.1. The summed E-state index contributed by atoms with van der Waals surface area (Å²) < 4.78 is 5.49. The van der Waals surface area contributed by atoms with Gasteiger partial charge in [-0.15, -0.1) is 0 Å². The molecule has 6 nitrogen and oxygen atoms in total. The van der Waals surface area contributed by atoms with Gasteiger partial charge in [0.15, 0.2) is 5.96 Å². The third kappa shape index (κ3) is 7.26. The van der Waals surface area contributed by atoms with E-state index in [1.54, 1.807) is 14.2 Å². The van der Waals surface area contributed by atoms with Crippen molar-refractivity contribution in [3.05, 3.63) is 64.7 Å². The summed E-state index contributed by atoms with van der Waals surface area (Å²) in [6, 6.07) is 15.2. The minimum Gasteiger partial charge on any atom is -0.496 e. The molecule has 3 rings (SSSR count). The molecule has 168 valence electrons. The van der Waals surface area contributed by atoms with Gasteiger partial charge in [-0.1, -0.05) is 36.4 Å². The fourth-order valence-electron chi connectivity index (χ4n) is 3.86. The Morgan fingerprint density at radius 3 is 2.45 bits per heavy atom. The van der Waals surface area contributed by atoms with E-state index in [1.807, 2.05) is 0 Å². The third-order valence-electron chi connectivity index (χ3n) is 5.81. The van der Waals surface area contributed by atoms with Gasteiger partial charge >= 0.3 is 0 Å². The molecule has 0 saturated carbocycles. The van der Waals surface area contributed by atoms with Gasteiger partial charge in [-0.25, -0.2) is 0 Å². The van der Waals surface area contributed by atoms with Gasteiger partial charge in [0.2, 0.25) is 0 Å². The maximum Gasteiger partial charge on any atom is 0.191 e. The molecule has 2 aromatic rings. The molecule has 1 heterocycles. The maximum absolute atomic E-state index is 5.49. The van der Waals surface area contributed by atoms with Crippen molar-refractivity contribution in [2.75, 3.05) is 47.4 Å². The standard InChI is InChI=1S/C25H37N5O/c1-20-6-11-23(24(16-20)31-4)18-28-25(26-2)27-17-21-7-9-22(10-8-21)19-30-13-5-12-29(3)14-15-30/h6-11,16H,5,12-15,17-19H2,1-4H3,(H2,26,27,28). The van der Waals surface area contributed by atoms with Crippen molar-refractivity contribution in [3.8, 4) is 5.75 Å². The Morgan fingerprint density at radius 1 is 0.968 bits per heavy atom. The van der Waals surface area contributed by atoms with E-state index in [4.69, 9.17) is 4.74 Å². The van der Waals surface area contributed by atoms with Crippen molar-refractivity contribution in [2.45, 2.75) is 33.0 Å². The average molecular weight is 424 g/mol.